The first-order valence-electron chi connectivity index (χ1n) is 29.3. The highest BCUT2D eigenvalue weighted by molar-refractivity contribution is 6.02. The maximum Gasteiger partial charge on any atom is 0.340 e. The molecule has 5 aromatic rings. The number of ether oxygens (including phenoxy) is 2. The van der Waals surface area contributed by atoms with Crippen molar-refractivity contribution < 1.29 is 62.8 Å². The summed E-state index contributed by atoms with van der Waals surface area (Å²) in [7, 11) is 0. The van der Waals surface area contributed by atoms with Crippen LogP contribution in [0.5, 0.6) is 23.0 Å². The number of phenolic OH excluding ortho intramolecular Hbond substituents is 2. The molecule has 23 heteroatoms. The van der Waals surface area contributed by atoms with Gasteiger partial charge in [-0.05, 0) is 125 Å². The minimum absolute atomic E-state index is 0.0106. The lowest BCUT2D eigenvalue weighted by Crippen LogP contribution is -2.60. The van der Waals surface area contributed by atoms with Crippen molar-refractivity contribution >= 4 is 53.2 Å². The number of hydrogen-bond acceptors (Lipinski definition) is 15. The minimum Gasteiger partial charge on any atom is -0.508 e. The molecule has 460 valence electrons. The molecule has 0 saturated carbocycles. The van der Waals surface area contributed by atoms with Crippen LogP contribution >= 0.6 is 0 Å². The van der Waals surface area contributed by atoms with E-state index in [1.807, 2.05) is 0 Å². The third-order valence-electron chi connectivity index (χ3n) is 15.9. The van der Waals surface area contributed by atoms with Gasteiger partial charge in [-0.25, -0.2) is 4.79 Å². The zero-order valence-corrected chi connectivity index (χ0v) is 49.0. The number of hydrogen-bond donors (Lipinski definition) is 11. The summed E-state index contributed by atoms with van der Waals surface area (Å²) in [4.78, 5) is 126. The van der Waals surface area contributed by atoms with Gasteiger partial charge in [-0.15, -0.1) is 0 Å². The summed E-state index contributed by atoms with van der Waals surface area (Å²) >= 11 is 0. The van der Waals surface area contributed by atoms with Crippen molar-refractivity contribution in [1.82, 2.24) is 36.8 Å². The van der Waals surface area contributed by atoms with Crippen LogP contribution in [0, 0.1) is 5.92 Å². The van der Waals surface area contributed by atoms with Crippen molar-refractivity contribution in [2.75, 3.05) is 19.6 Å². The smallest absolute Gasteiger partial charge is 0.340 e. The summed E-state index contributed by atoms with van der Waals surface area (Å²) in [6.07, 6.45) is 2.42. The molecule has 0 bridgehead atoms. The first kappa shape index (κ1) is 63.7. The van der Waals surface area contributed by atoms with Gasteiger partial charge in [-0.2, -0.15) is 0 Å². The van der Waals surface area contributed by atoms with Crippen LogP contribution in [0.4, 0.5) is 0 Å². The number of amides is 8. The number of fused-ring (bicyclic) bond motifs is 6. The summed E-state index contributed by atoms with van der Waals surface area (Å²) in [6, 6.07) is 23.3. The van der Waals surface area contributed by atoms with Crippen LogP contribution in [-0.4, -0.2) is 130 Å². The summed E-state index contributed by atoms with van der Waals surface area (Å²) < 4.78 is 12.2. The molecule has 3 heterocycles. The van der Waals surface area contributed by atoms with Crippen LogP contribution in [-0.2, 0) is 43.9 Å². The molecular weight excluding hydrogens is 1120 g/mol. The van der Waals surface area contributed by atoms with E-state index in [1.54, 1.807) is 92.7 Å². The van der Waals surface area contributed by atoms with Crippen molar-refractivity contribution in [3.8, 4) is 23.0 Å². The number of esters is 1. The lowest BCUT2D eigenvalue weighted by molar-refractivity contribution is -0.143. The molecule has 3 aliphatic rings. The van der Waals surface area contributed by atoms with E-state index in [4.69, 9.17) is 26.7 Å². The number of rotatable bonds is 26. The molecule has 0 aromatic heterocycles. The van der Waals surface area contributed by atoms with Gasteiger partial charge < -0.3 is 73.7 Å². The Morgan fingerprint density at radius 2 is 1.24 bits per heavy atom. The molecule has 7 unspecified atom stereocenters. The van der Waals surface area contributed by atoms with E-state index in [1.165, 1.54) is 55.1 Å². The van der Waals surface area contributed by atoms with Crippen molar-refractivity contribution in [3.63, 3.8) is 0 Å². The number of primary amides is 1. The number of aromatic hydroxyl groups is 2. The van der Waals surface area contributed by atoms with Gasteiger partial charge in [0.2, 0.25) is 41.4 Å². The molecule has 5 aromatic carbocycles. The molecule has 7 atom stereocenters. The van der Waals surface area contributed by atoms with E-state index < -0.39 is 107 Å². The monoisotopic (exact) mass is 1190 g/mol. The van der Waals surface area contributed by atoms with Crippen molar-refractivity contribution in [3.05, 3.63) is 154 Å². The Kier molecular flexibility index (Phi) is 20.7. The summed E-state index contributed by atoms with van der Waals surface area (Å²) in [5.74, 6) is -7.00. The number of carbonyl (C=O) groups is 9. The molecule has 8 amide bonds. The summed E-state index contributed by atoms with van der Waals surface area (Å²) in [6.45, 7) is 7.07. The number of nitrogens with zero attached hydrogens (tertiary/aromatic N) is 1. The molecule has 3 aliphatic heterocycles. The predicted octanol–water partition coefficient (Wildman–Crippen LogP) is 3.45. The van der Waals surface area contributed by atoms with E-state index in [2.05, 4.69) is 31.9 Å². The van der Waals surface area contributed by atoms with Gasteiger partial charge in [0.05, 0.1) is 11.6 Å². The van der Waals surface area contributed by atoms with Crippen molar-refractivity contribution in [1.29, 1.82) is 0 Å². The van der Waals surface area contributed by atoms with E-state index in [-0.39, 0.29) is 85.2 Å². The topological polar surface area (TPSA) is 366 Å². The SMILES string of the molecule is CC(N)C(=O)NC(C(=O)N1CCCC1C(=O)NC(C(=O)NC(C)C(=O)NC(CCCCNC(=O)c1ccc2c(c1)C(=O)OC21c2ccc(O)cc2Oc2cc(O)ccc21)C(=O)NC(CCCCN)C(N)=O)C(c1ccccc1)c1ccccc1)C(C)C. The van der Waals surface area contributed by atoms with E-state index >= 15 is 0 Å². The second-order valence-corrected chi connectivity index (χ2v) is 22.6. The van der Waals surface area contributed by atoms with Gasteiger partial charge in [-0.1, -0.05) is 80.6 Å². The Bertz CT molecular complexity index is 3290. The van der Waals surface area contributed by atoms with Gasteiger partial charge in [-0.3, -0.25) is 38.4 Å². The molecule has 1 spiro atoms. The fourth-order valence-corrected chi connectivity index (χ4v) is 11.3. The predicted molar refractivity (Wildman–Crippen MR) is 320 cm³/mol. The average Bonchev–Trinajstić information content (AvgIpc) is 1.63. The number of nitrogens with one attached hydrogen (secondary N) is 6. The maximum atomic E-state index is 15.0. The largest absolute Gasteiger partial charge is 0.508 e. The van der Waals surface area contributed by atoms with Gasteiger partial charge in [0.25, 0.3) is 5.91 Å². The number of nitrogens with two attached hydrogens (primary N) is 3. The zero-order chi connectivity index (χ0) is 62.7. The fourth-order valence-electron chi connectivity index (χ4n) is 11.3. The van der Waals surface area contributed by atoms with Gasteiger partial charge >= 0.3 is 5.97 Å². The van der Waals surface area contributed by atoms with E-state index in [9.17, 15) is 53.4 Å². The highest BCUT2D eigenvalue weighted by Crippen LogP contribution is 2.57. The lowest BCUT2D eigenvalue weighted by Gasteiger charge is -2.36. The number of likely N-dealkylation sites (tertiary alicyclic amines) is 1. The second-order valence-electron chi connectivity index (χ2n) is 22.6. The Balaban J connectivity index is 0.974. The molecule has 14 N–H and O–H groups in total. The molecule has 87 heavy (non-hydrogen) atoms. The molecule has 23 nitrogen and oxygen atoms in total. The minimum atomic E-state index is -1.53. The Labute approximate surface area is 503 Å². The zero-order valence-electron chi connectivity index (χ0n) is 49.0. The second kappa shape index (κ2) is 28.2. The van der Waals surface area contributed by atoms with Gasteiger partial charge in [0, 0.05) is 53.4 Å². The fraction of sp³-hybridized carbons (Fsp3) is 0.391. The van der Waals surface area contributed by atoms with Crippen LogP contribution in [0.15, 0.2) is 115 Å². The molecule has 0 aliphatic carbocycles. The van der Waals surface area contributed by atoms with E-state index in [0.29, 0.717) is 53.6 Å². The number of benzene rings is 5. The highest BCUT2D eigenvalue weighted by atomic mass is 16.6. The Morgan fingerprint density at radius 3 is 1.83 bits per heavy atom. The molecular formula is C64H76N10O13. The van der Waals surface area contributed by atoms with Crippen LogP contribution in [0.25, 0.3) is 0 Å². The average molecular weight is 1190 g/mol. The number of carbonyl (C=O) groups excluding carboxylic acids is 9. The number of phenols is 2. The normalized spacial score (nSPS) is 16.5. The highest BCUT2D eigenvalue weighted by Gasteiger charge is 2.54. The standard InChI is InChI=1S/C64H76N10O13/c1-35(2)53(72-56(78)36(3)66)62(84)74-31-15-22-49(74)60(82)73-54(52(38-16-7-5-8-17-38)39-18-9-6-10-19-39)61(83)69-37(4)57(79)71-48(59(81)70-47(55(67)77)20-11-13-29-65)21-12-14-30-68-58(80)40-23-26-44-43(32-40)63(85)87-64(44)45-27-24-41(75)33-50(45)86-51-34-42(76)25-28-46(51)64/h5-10,16-19,23-28,32-37,47-49,52-54,75-76H,11-15,20-22,29-31,65-66H2,1-4H3,(H2,67,77)(H,68,80)(H,69,83)(H,70,81)(H,71,79)(H,72,78)(H,73,82). The van der Waals surface area contributed by atoms with Crippen LogP contribution in [0.2, 0.25) is 0 Å². The van der Waals surface area contributed by atoms with Crippen molar-refractivity contribution in [2.45, 2.75) is 133 Å². The molecule has 1 fully saturated rings. The van der Waals surface area contributed by atoms with E-state index in [0.717, 1.165) is 0 Å². The van der Waals surface area contributed by atoms with Crippen LogP contribution in [0.1, 0.15) is 134 Å². The van der Waals surface area contributed by atoms with Crippen LogP contribution in [0.3, 0.4) is 0 Å². The first-order chi connectivity index (χ1) is 41.6. The third kappa shape index (κ3) is 14.5. The third-order valence-corrected chi connectivity index (χ3v) is 15.9. The van der Waals surface area contributed by atoms with Gasteiger partial charge in [0.1, 0.15) is 59.2 Å². The summed E-state index contributed by atoms with van der Waals surface area (Å²) in [5.41, 5.74) is 18.5. The molecule has 0 radical (unpaired) electrons. The number of unbranched alkanes of at least 4 members (excludes halogenated alkanes) is 2. The summed E-state index contributed by atoms with van der Waals surface area (Å²) in [5, 5.41) is 37.3. The Hall–Kier alpha value is -9.35. The molecule has 8 rings (SSSR count). The molecule has 1 saturated heterocycles. The van der Waals surface area contributed by atoms with Crippen LogP contribution < -0.4 is 53.8 Å². The first-order valence-corrected chi connectivity index (χ1v) is 29.3. The van der Waals surface area contributed by atoms with Gasteiger partial charge in [0.15, 0.2) is 5.60 Å². The quantitative estimate of drug-likeness (QED) is 0.0279. The maximum absolute atomic E-state index is 15.0. The Morgan fingerprint density at radius 1 is 0.655 bits per heavy atom. The van der Waals surface area contributed by atoms with Crippen molar-refractivity contribution in [2.24, 2.45) is 23.1 Å². The lowest BCUT2D eigenvalue weighted by atomic mass is 9.77.